The van der Waals surface area contributed by atoms with Gasteiger partial charge >= 0.3 is 0 Å². The molecule has 440 valence electrons. The molecule has 1 saturated heterocycles. The molecule has 1 aliphatic heterocycles. The number of amides is 9. The lowest BCUT2D eigenvalue weighted by atomic mass is 9.83. The normalized spacial score (nSPS) is 29.4. The number of aliphatic hydroxyl groups excluding tert-OH is 2. The summed E-state index contributed by atoms with van der Waals surface area (Å²) in [5, 5.41) is 33.8. The van der Waals surface area contributed by atoms with Crippen molar-refractivity contribution in [2.75, 3.05) is 69.0 Å². The number of nitrogens with one attached hydrogen (secondary N) is 4. The first-order chi connectivity index (χ1) is 35.6. The number of hydrogen-bond donors (Lipinski definition) is 6. The van der Waals surface area contributed by atoms with Gasteiger partial charge < -0.3 is 60.4 Å². The average Bonchev–Trinajstić information content (AvgIpc) is 3.36. The Morgan fingerprint density at radius 3 is 1.66 bits per heavy atom. The van der Waals surface area contributed by atoms with E-state index in [1.54, 1.807) is 33.8 Å². The summed E-state index contributed by atoms with van der Waals surface area (Å²) in [5.74, 6) is -7.31. The zero-order valence-electron chi connectivity index (χ0n) is 49.9. The molecule has 23 nitrogen and oxygen atoms in total. The second-order valence-electron chi connectivity index (χ2n) is 22.4. The first kappa shape index (κ1) is 69.5. The number of aldehydes is 1. The molecule has 1 heterocycles. The maximum Gasteiger partial charge on any atom is 0.245 e. The maximum atomic E-state index is 15.2. The SMILES string of the molecule is C/C=C/C[C@@H](C)[C@@H](O)[C@H]1C(=O)N[C@@H](CC)C(=O)N(C)CC(=O)N(C)[C@@H](C)C(O)N[C@@H](C)C(=O)N(C)CC(=O)N[C@@H](C)C(=O)N[C@H](C)C(=O)N(C)[C@@H](CC(C)C)C(=O)N(C)[C@H](CC(C)C)C(=O)N(C)[C@](C=O)(C(C)C)CN1C. The smallest absolute Gasteiger partial charge is 0.245 e. The minimum atomic E-state index is -1.68. The summed E-state index contributed by atoms with van der Waals surface area (Å²) in [7, 11) is 10.0. The third kappa shape index (κ3) is 18.8. The molecule has 0 aromatic carbocycles. The highest BCUT2D eigenvalue weighted by Gasteiger charge is 2.48. The molecule has 1 rings (SSSR count). The summed E-state index contributed by atoms with van der Waals surface area (Å²) in [4.78, 5) is 149. The van der Waals surface area contributed by atoms with E-state index in [0.29, 0.717) is 12.7 Å². The van der Waals surface area contributed by atoms with Crippen LogP contribution in [0.4, 0.5) is 0 Å². The predicted octanol–water partition coefficient (Wildman–Crippen LogP) is 0.0263. The van der Waals surface area contributed by atoms with Crippen molar-refractivity contribution in [3.05, 3.63) is 12.2 Å². The molecule has 0 saturated carbocycles. The fourth-order valence-corrected chi connectivity index (χ4v) is 9.40. The summed E-state index contributed by atoms with van der Waals surface area (Å²) in [6.45, 7) is 20.7. The number of rotatable bonds is 11. The van der Waals surface area contributed by atoms with Gasteiger partial charge in [-0.15, -0.1) is 0 Å². The van der Waals surface area contributed by atoms with Crippen LogP contribution in [0.15, 0.2) is 12.2 Å². The molecule has 0 radical (unpaired) electrons. The molecule has 23 heteroatoms. The summed E-state index contributed by atoms with van der Waals surface area (Å²) < 4.78 is 0. The number of hydrogen-bond acceptors (Lipinski definition) is 14. The maximum absolute atomic E-state index is 15.2. The van der Waals surface area contributed by atoms with Crippen molar-refractivity contribution in [2.24, 2.45) is 23.7 Å². The Balaban J connectivity index is 4.12. The van der Waals surface area contributed by atoms with E-state index in [9.17, 15) is 53.4 Å². The van der Waals surface area contributed by atoms with Crippen molar-refractivity contribution in [3.63, 3.8) is 0 Å². The van der Waals surface area contributed by atoms with E-state index in [1.807, 2.05) is 40.7 Å². The highest BCUT2D eigenvalue weighted by atomic mass is 16.3. The number of nitrogens with zero attached hydrogens (tertiary/aromatic N) is 7. The minimum absolute atomic E-state index is 0.0701. The van der Waals surface area contributed by atoms with Crippen LogP contribution in [0.2, 0.25) is 0 Å². The van der Waals surface area contributed by atoms with Gasteiger partial charge in [0.15, 0.2) is 0 Å². The van der Waals surface area contributed by atoms with Gasteiger partial charge in [0.2, 0.25) is 53.2 Å². The van der Waals surface area contributed by atoms with Crippen molar-refractivity contribution in [3.8, 4) is 0 Å². The summed E-state index contributed by atoms with van der Waals surface area (Å²) in [6.07, 6.45) is 2.16. The highest BCUT2D eigenvalue weighted by Crippen LogP contribution is 2.29. The predicted molar refractivity (Wildman–Crippen MR) is 293 cm³/mol. The second kappa shape index (κ2) is 31.2. The van der Waals surface area contributed by atoms with E-state index >= 15 is 4.79 Å². The van der Waals surface area contributed by atoms with E-state index < -0.39 is 144 Å². The lowest BCUT2D eigenvalue weighted by Gasteiger charge is -2.47. The van der Waals surface area contributed by atoms with Crippen LogP contribution in [0.5, 0.6) is 0 Å². The molecule has 1 unspecified atom stereocenters. The van der Waals surface area contributed by atoms with Gasteiger partial charge in [-0.05, 0) is 91.0 Å². The molecule has 0 aromatic rings. The van der Waals surface area contributed by atoms with Crippen LogP contribution in [0.25, 0.3) is 0 Å². The summed E-state index contributed by atoms with van der Waals surface area (Å²) >= 11 is 0. The van der Waals surface area contributed by atoms with Crippen LogP contribution in [0, 0.1) is 23.7 Å². The van der Waals surface area contributed by atoms with Gasteiger partial charge in [0.1, 0.15) is 54.3 Å². The van der Waals surface area contributed by atoms with Gasteiger partial charge in [-0.25, -0.2) is 0 Å². The van der Waals surface area contributed by atoms with Crippen molar-refractivity contribution >= 4 is 59.5 Å². The lowest BCUT2D eigenvalue weighted by Crippen LogP contribution is -2.67. The molecule has 6 N–H and O–H groups in total. The fourth-order valence-electron chi connectivity index (χ4n) is 9.40. The topological polar surface area (TPSA) is 282 Å². The van der Waals surface area contributed by atoms with Gasteiger partial charge in [0.05, 0.1) is 31.3 Å². The lowest BCUT2D eigenvalue weighted by molar-refractivity contribution is -0.156. The number of allylic oxidation sites excluding steroid dienone is 2. The molecular formula is C54H97N11O12. The molecular weight excluding hydrogens is 995 g/mol. The van der Waals surface area contributed by atoms with Crippen LogP contribution in [-0.4, -0.2) is 239 Å². The third-order valence-electron chi connectivity index (χ3n) is 14.9. The monoisotopic (exact) mass is 1090 g/mol. The van der Waals surface area contributed by atoms with Gasteiger partial charge in [0.25, 0.3) is 0 Å². The van der Waals surface area contributed by atoms with Crippen LogP contribution in [0.3, 0.4) is 0 Å². The van der Waals surface area contributed by atoms with E-state index in [-0.39, 0.29) is 37.6 Å². The van der Waals surface area contributed by atoms with Crippen molar-refractivity contribution in [2.45, 2.75) is 182 Å². The number of aliphatic hydroxyl groups is 2. The minimum Gasteiger partial charge on any atom is -0.391 e. The molecule has 0 aliphatic carbocycles. The Labute approximate surface area is 458 Å². The second-order valence-corrected chi connectivity index (χ2v) is 22.4. The molecule has 77 heavy (non-hydrogen) atoms. The zero-order chi connectivity index (χ0) is 59.7. The number of carbonyl (C=O) groups excluding carboxylic acids is 10. The highest BCUT2D eigenvalue weighted by molar-refractivity contribution is 5.97. The van der Waals surface area contributed by atoms with Gasteiger partial charge in [-0.3, -0.25) is 53.4 Å². The number of carbonyl (C=O) groups is 10. The Bertz CT molecular complexity index is 2070. The molecule has 1 aliphatic rings. The quantitative estimate of drug-likeness (QED) is 0.118. The Morgan fingerprint density at radius 1 is 0.649 bits per heavy atom. The van der Waals surface area contributed by atoms with Gasteiger partial charge in [-0.1, -0.05) is 67.5 Å². The Morgan fingerprint density at radius 2 is 1.17 bits per heavy atom. The van der Waals surface area contributed by atoms with Crippen LogP contribution in [-0.2, 0) is 47.9 Å². The third-order valence-corrected chi connectivity index (χ3v) is 14.9. The van der Waals surface area contributed by atoms with Crippen molar-refractivity contribution < 1.29 is 58.2 Å². The first-order valence-electron chi connectivity index (χ1n) is 26.9. The summed E-state index contributed by atoms with van der Waals surface area (Å²) in [6, 6.07) is -9.28. The van der Waals surface area contributed by atoms with E-state index in [2.05, 4.69) is 21.3 Å². The van der Waals surface area contributed by atoms with Gasteiger partial charge in [0, 0.05) is 48.8 Å². The van der Waals surface area contributed by atoms with Crippen LogP contribution < -0.4 is 21.3 Å². The Hall–Kier alpha value is -5.52. The fraction of sp³-hybridized carbons (Fsp3) is 0.778. The van der Waals surface area contributed by atoms with Crippen LogP contribution in [0.1, 0.15) is 116 Å². The summed E-state index contributed by atoms with van der Waals surface area (Å²) in [5.41, 5.74) is -1.68. The molecule has 0 spiro atoms. The van der Waals surface area contributed by atoms with E-state index in [4.69, 9.17) is 0 Å². The van der Waals surface area contributed by atoms with E-state index in [1.165, 1.54) is 102 Å². The molecule has 9 amide bonds. The van der Waals surface area contributed by atoms with E-state index in [0.717, 1.165) is 9.80 Å². The zero-order valence-corrected chi connectivity index (χ0v) is 49.9. The standard InChI is InChI=1S/C54H97N11O12/c1-21-23-24-34(9)45(69)44-48(72)58-39(22-2)51(75)60(15)28-43(68)62(17)38(13)47(71)57-36(11)49(73)59(14)27-42(67)55-35(10)46(70)56-37(12)50(74)63(18)40(25-31(3)4)52(76)64(19)41(26-32(5)6)53(77)65(20)54(30-66,33(7)8)29-61(44)16/h21,23,30-41,44-45,47,57,69,71H,22,24-29H2,1-20H3,(H,55,67)(H,56,70)(H,58,72)/b23-21+/t34-,35+,36+,37-,38+,39+,40+,41-,44+,45-,47?,54-/m1/s1. The average molecular weight is 1090 g/mol. The van der Waals surface area contributed by atoms with Crippen LogP contribution >= 0.6 is 0 Å². The van der Waals surface area contributed by atoms with Crippen molar-refractivity contribution in [1.29, 1.82) is 0 Å². The molecule has 0 bridgehead atoms. The molecule has 12 atom stereocenters. The largest absolute Gasteiger partial charge is 0.391 e. The molecule has 1 fully saturated rings. The molecule has 0 aromatic heterocycles. The van der Waals surface area contributed by atoms with Gasteiger partial charge in [-0.2, -0.15) is 0 Å². The van der Waals surface area contributed by atoms with Crippen molar-refractivity contribution in [1.82, 2.24) is 55.6 Å². The number of likely N-dealkylation sites (N-methyl/N-ethyl adjacent to an activating group) is 7. The first-order valence-corrected chi connectivity index (χ1v) is 26.9. The Kier molecular flexibility index (Phi) is 28.1.